The maximum absolute atomic E-state index is 12.6. The maximum Gasteiger partial charge on any atom is 0.249 e. The zero-order chi connectivity index (χ0) is 52.3. The number of rotatable bonds is 59. The van der Waals surface area contributed by atoms with Crippen LogP contribution in [0.1, 0.15) is 335 Å². The van der Waals surface area contributed by atoms with E-state index in [2.05, 4.69) is 67.8 Å². The van der Waals surface area contributed by atoms with Crippen LogP contribution >= 0.6 is 0 Å². The molecule has 0 aliphatic heterocycles. The summed E-state index contributed by atoms with van der Waals surface area (Å²) in [5.41, 5.74) is 0. The van der Waals surface area contributed by atoms with Crippen LogP contribution < -0.4 is 5.32 Å². The van der Waals surface area contributed by atoms with Crippen molar-refractivity contribution in [2.75, 3.05) is 6.61 Å². The Hall–Kier alpha value is -1.73. The van der Waals surface area contributed by atoms with Crippen molar-refractivity contribution in [2.45, 2.75) is 359 Å². The first-order chi connectivity index (χ1) is 35.5. The van der Waals surface area contributed by atoms with Crippen LogP contribution in [0.4, 0.5) is 0 Å². The van der Waals surface area contributed by atoms with E-state index >= 15 is 0 Å². The molecule has 5 N–H and O–H groups in total. The van der Waals surface area contributed by atoms with Crippen molar-refractivity contribution in [3.63, 3.8) is 0 Å². The number of aliphatic hydroxyl groups excluding tert-OH is 4. The Morgan fingerprint density at radius 3 is 0.875 bits per heavy atom. The molecule has 0 bridgehead atoms. The third-order valence-corrected chi connectivity index (χ3v) is 15.0. The highest BCUT2D eigenvalue weighted by Gasteiger charge is 2.28. The van der Waals surface area contributed by atoms with Gasteiger partial charge in [-0.1, -0.05) is 294 Å². The molecule has 4 unspecified atom stereocenters. The van der Waals surface area contributed by atoms with Crippen molar-refractivity contribution in [3.05, 3.63) is 48.6 Å². The third-order valence-electron chi connectivity index (χ3n) is 15.0. The second-order valence-electron chi connectivity index (χ2n) is 22.1. The van der Waals surface area contributed by atoms with Gasteiger partial charge in [0.15, 0.2) is 0 Å². The minimum Gasteiger partial charge on any atom is -0.394 e. The normalized spacial score (nSPS) is 13.9. The average Bonchev–Trinajstić information content (AvgIpc) is 3.39. The molecule has 6 nitrogen and oxygen atoms in total. The lowest BCUT2D eigenvalue weighted by Crippen LogP contribution is -2.53. The molecular formula is C66H125NO5. The van der Waals surface area contributed by atoms with E-state index in [9.17, 15) is 25.2 Å². The topological polar surface area (TPSA) is 110 Å². The minimum atomic E-state index is -1.30. The van der Waals surface area contributed by atoms with E-state index in [1.807, 2.05) is 0 Å². The first kappa shape index (κ1) is 70.3. The van der Waals surface area contributed by atoms with E-state index in [0.717, 1.165) is 51.4 Å². The number of hydrogen-bond donors (Lipinski definition) is 5. The van der Waals surface area contributed by atoms with E-state index in [1.165, 1.54) is 250 Å². The second kappa shape index (κ2) is 60.1. The van der Waals surface area contributed by atoms with Crippen LogP contribution in [0, 0.1) is 0 Å². The van der Waals surface area contributed by atoms with Crippen LogP contribution in [0.15, 0.2) is 48.6 Å². The predicted molar refractivity (Wildman–Crippen MR) is 316 cm³/mol. The molecule has 1 amide bonds. The highest BCUT2D eigenvalue weighted by atomic mass is 16.3. The van der Waals surface area contributed by atoms with Crippen molar-refractivity contribution >= 4 is 5.91 Å². The summed E-state index contributed by atoms with van der Waals surface area (Å²) in [6.07, 6.45) is 77.8. The van der Waals surface area contributed by atoms with Gasteiger partial charge in [-0.05, 0) is 89.9 Å². The van der Waals surface area contributed by atoms with Crippen molar-refractivity contribution in [2.24, 2.45) is 0 Å². The molecule has 4 atom stereocenters. The summed E-state index contributed by atoms with van der Waals surface area (Å²) in [6, 6.07) is -1.01. The Morgan fingerprint density at radius 1 is 0.333 bits per heavy atom. The number of amides is 1. The number of nitrogens with one attached hydrogen (secondary N) is 1. The Balaban J connectivity index is 3.64. The van der Waals surface area contributed by atoms with E-state index in [4.69, 9.17) is 0 Å². The van der Waals surface area contributed by atoms with Gasteiger partial charge in [-0.2, -0.15) is 0 Å². The summed E-state index contributed by atoms with van der Waals surface area (Å²) < 4.78 is 0. The average molecular weight is 1010 g/mol. The summed E-state index contributed by atoms with van der Waals surface area (Å²) in [5, 5.41) is 44.1. The molecule has 0 saturated carbocycles. The molecule has 0 aromatic carbocycles. The zero-order valence-electron chi connectivity index (χ0n) is 48.2. The smallest absolute Gasteiger partial charge is 0.249 e. The van der Waals surface area contributed by atoms with Gasteiger partial charge in [-0.15, -0.1) is 0 Å². The van der Waals surface area contributed by atoms with Crippen LogP contribution in [-0.4, -0.2) is 57.3 Å². The fourth-order valence-corrected chi connectivity index (χ4v) is 9.96. The molecule has 0 rings (SSSR count). The predicted octanol–water partition coefficient (Wildman–Crippen LogP) is 19.3. The largest absolute Gasteiger partial charge is 0.394 e. The highest BCUT2D eigenvalue weighted by Crippen LogP contribution is 2.18. The number of aliphatic hydroxyl groups is 4. The van der Waals surface area contributed by atoms with Gasteiger partial charge in [0.1, 0.15) is 12.2 Å². The molecule has 424 valence electrons. The Labute approximate surface area is 449 Å². The Bertz CT molecular complexity index is 1180. The van der Waals surface area contributed by atoms with Gasteiger partial charge in [0.05, 0.1) is 18.8 Å². The van der Waals surface area contributed by atoms with Crippen molar-refractivity contribution < 1.29 is 25.2 Å². The molecular weight excluding hydrogens is 887 g/mol. The molecule has 0 radical (unpaired) electrons. The highest BCUT2D eigenvalue weighted by molar-refractivity contribution is 5.80. The molecule has 0 saturated heterocycles. The van der Waals surface area contributed by atoms with Gasteiger partial charge in [-0.25, -0.2) is 0 Å². The van der Waals surface area contributed by atoms with Gasteiger partial charge in [0, 0.05) is 0 Å². The van der Waals surface area contributed by atoms with Gasteiger partial charge in [-0.3, -0.25) is 4.79 Å². The Kier molecular flexibility index (Phi) is 58.7. The van der Waals surface area contributed by atoms with E-state index < -0.39 is 36.9 Å². The molecule has 0 fully saturated rings. The fraction of sp³-hybridized carbons (Fsp3) is 0.864. The lowest BCUT2D eigenvalue weighted by atomic mass is 10.00. The Morgan fingerprint density at radius 2 is 0.583 bits per heavy atom. The number of allylic oxidation sites excluding steroid dienone is 8. The number of hydrogen-bond acceptors (Lipinski definition) is 5. The van der Waals surface area contributed by atoms with Crippen LogP contribution in [-0.2, 0) is 4.79 Å². The van der Waals surface area contributed by atoms with Crippen LogP contribution in [0.3, 0.4) is 0 Å². The van der Waals surface area contributed by atoms with Crippen LogP contribution in [0.2, 0.25) is 0 Å². The first-order valence-corrected chi connectivity index (χ1v) is 32.0. The zero-order valence-corrected chi connectivity index (χ0v) is 48.2. The summed E-state index contributed by atoms with van der Waals surface area (Å²) in [4.78, 5) is 12.6. The lowest BCUT2D eigenvalue weighted by Gasteiger charge is -2.27. The maximum atomic E-state index is 12.6. The quantitative estimate of drug-likeness (QED) is 0.0308. The van der Waals surface area contributed by atoms with Crippen LogP contribution in [0.25, 0.3) is 0 Å². The summed E-state index contributed by atoms with van der Waals surface area (Å²) >= 11 is 0. The fourth-order valence-electron chi connectivity index (χ4n) is 9.96. The number of carbonyl (C=O) groups is 1. The molecule has 0 spiro atoms. The van der Waals surface area contributed by atoms with Gasteiger partial charge >= 0.3 is 0 Å². The summed E-state index contributed by atoms with van der Waals surface area (Å²) in [6.45, 7) is 4.08. The van der Waals surface area contributed by atoms with Gasteiger partial charge < -0.3 is 25.7 Å². The van der Waals surface area contributed by atoms with E-state index in [0.29, 0.717) is 19.3 Å². The van der Waals surface area contributed by atoms with Gasteiger partial charge in [0.25, 0.3) is 0 Å². The lowest BCUT2D eigenvalue weighted by molar-refractivity contribution is -0.132. The first-order valence-electron chi connectivity index (χ1n) is 32.0. The molecule has 72 heavy (non-hydrogen) atoms. The number of unbranched alkanes of at least 4 members (excludes halogenated alkanes) is 42. The van der Waals surface area contributed by atoms with Crippen molar-refractivity contribution in [1.29, 1.82) is 0 Å². The molecule has 6 heteroatoms. The number of carbonyl (C=O) groups excluding carboxylic acids is 1. The van der Waals surface area contributed by atoms with Gasteiger partial charge in [0.2, 0.25) is 5.91 Å². The second-order valence-corrected chi connectivity index (χ2v) is 22.1. The SMILES string of the molecule is CCCCCCCCCCCCCC/C=C\CCCCCCCCCCCCCCCCCC(O)C(=O)NC(CO)C(O)C(O)CCC/C=C/CC/C=C/CC/C=C/CCCCCCCCCCCCCC. The molecule has 0 heterocycles. The van der Waals surface area contributed by atoms with Crippen molar-refractivity contribution in [3.8, 4) is 0 Å². The van der Waals surface area contributed by atoms with Crippen LogP contribution in [0.5, 0.6) is 0 Å². The molecule has 0 aliphatic carbocycles. The molecule has 0 aromatic heterocycles. The minimum absolute atomic E-state index is 0.359. The standard InChI is InChI=1S/C66H125NO5/c1-3-5-7-9-11-13-15-17-19-21-23-25-27-29-30-31-32-33-34-36-38-40-42-44-46-48-50-52-54-56-58-60-64(70)66(72)67-62(61-68)65(71)63(69)59-57-55-53-51-49-47-45-43-41-39-37-35-28-26-24-22-20-18-16-14-12-10-8-6-4-2/h29-30,35,37,43,45,51,53,62-65,68-71H,3-28,31-34,36,38-42,44,46-50,52,54-61H2,1-2H3,(H,67,72)/b30-29-,37-35+,45-43+,53-51+. The molecule has 0 aliphatic rings. The monoisotopic (exact) mass is 1010 g/mol. The van der Waals surface area contributed by atoms with E-state index in [1.54, 1.807) is 0 Å². The summed E-state index contributed by atoms with van der Waals surface area (Å²) in [5.74, 6) is -0.596. The van der Waals surface area contributed by atoms with Crippen molar-refractivity contribution in [1.82, 2.24) is 5.32 Å². The third kappa shape index (κ3) is 53.1. The van der Waals surface area contributed by atoms with E-state index in [-0.39, 0.29) is 0 Å². The molecule has 0 aromatic rings. The summed E-state index contributed by atoms with van der Waals surface area (Å²) in [7, 11) is 0.